The Kier molecular flexibility index (Phi) is 5.03. The van der Waals surface area contributed by atoms with E-state index in [0.717, 1.165) is 42.6 Å². The summed E-state index contributed by atoms with van der Waals surface area (Å²) in [7, 11) is 0. The molecule has 0 spiro atoms. The summed E-state index contributed by atoms with van der Waals surface area (Å²) in [6, 6.07) is 6.38. The van der Waals surface area contributed by atoms with Crippen LogP contribution in [0.3, 0.4) is 0 Å². The van der Waals surface area contributed by atoms with Gasteiger partial charge in [0.2, 0.25) is 0 Å². The lowest BCUT2D eigenvalue weighted by Crippen LogP contribution is -2.37. The quantitative estimate of drug-likeness (QED) is 0.929. The molecule has 4 heteroatoms. The second-order valence-electron chi connectivity index (χ2n) is 4.63. The van der Waals surface area contributed by atoms with Gasteiger partial charge in [0.15, 0.2) is 0 Å². The van der Waals surface area contributed by atoms with Crippen molar-refractivity contribution in [1.82, 2.24) is 0 Å². The number of benzene rings is 1. The van der Waals surface area contributed by atoms with Gasteiger partial charge in [-0.25, -0.2) is 0 Å². The Bertz CT molecular complexity index is 389. The van der Waals surface area contributed by atoms with Crippen molar-refractivity contribution in [2.24, 2.45) is 5.73 Å². The first kappa shape index (κ1) is 13.8. The van der Waals surface area contributed by atoms with Crippen molar-refractivity contribution in [3.8, 4) is 0 Å². The predicted molar refractivity (Wildman–Crippen MR) is 78.9 cm³/mol. The fraction of sp³-hybridized carbons (Fsp3) is 0.571. The molecule has 1 saturated heterocycles. The molecule has 0 unspecified atom stereocenters. The van der Waals surface area contributed by atoms with Crippen molar-refractivity contribution in [2.75, 3.05) is 24.6 Å². The van der Waals surface area contributed by atoms with Gasteiger partial charge in [0.25, 0.3) is 0 Å². The van der Waals surface area contributed by atoms with Crippen LogP contribution >= 0.6 is 15.9 Å². The zero-order chi connectivity index (χ0) is 13.0. The third-order valence-electron chi connectivity index (χ3n) is 3.43. The highest BCUT2D eigenvalue weighted by atomic mass is 79.9. The molecule has 2 N–H and O–H groups in total. The van der Waals surface area contributed by atoms with Gasteiger partial charge in [0.05, 0.1) is 11.8 Å². The number of nitrogens with zero attached hydrogens (tertiary/aromatic N) is 1. The first-order valence-electron chi connectivity index (χ1n) is 6.59. The van der Waals surface area contributed by atoms with Crippen LogP contribution in [0.4, 0.5) is 5.69 Å². The summed E-state index contributed by atoms with van der Waals surface area (Å²) in [6.07, 6.45) is 2.66. The Labute approximate surface area is 117 Å². The molecule has 0 amide bonds. The Morgan fingerprint density at radius 3 is 2.67 bits per heavy atom. The van der Waals surface area contributed by atoms with E-state index in [1.165, 1.54) is 5.69 Å². The minimum atomic E-state index is 0.438. The van der Waals surface area contributed by atoms with Crippen molar-refractivity contribution in [3.05, 3.63) is 28.2 Å². The van der Waals surface area contributed by atoms with Crippen LogP contribution in [0.15, 0.2) is 22.7 Å². The average molecular weight is 313 g/mol. The second-order valence-corrected chi connectivity index (χ2v) is 5.49. The van der Waals surface area contributed by atoms with Crippen molar-refractivity contribution < 1.29 is 4.74 Å². The normalized spacial score (nSPS) is 17.2. The van der Waals surface area contributed by atoms with Crippen molar-refractivity contribution >= 4 is 21.6 Å². The number of hydrogen-bond acceptors (Lipinski definition) is 3. The fourth-order valence-corrected chi connectivity index (χ4v) is 3.11. The Morgan fingerprint density at radius 1 is 1.39 bits per heavy atom. The molecule has 0 aromatic heterocycles. The lowest BCUT2D eigenvalue weighted by atomic mass is 10.1. The number of ether oxygens (including phenoxy) is 1. The molecule has 18 heavy (non-hydrogen) atoms. The van der Waals surface area contributed by atoms with E-state index in [1.54, 1.807) is 0 Å². The minimum Gasteiger partial charge on any atom is -0.378 e. The van der Waals surface area contributed by atoms with Crippen LogP contribution in [0.5, 0.6) is 0 Å². The van der Waals surface area contributed by atoms with E-state index in [9.17, 15) is 0 Å². The second kappa shape index (κ2) is 6.55. The van der Waals surface area contributed by atoms with Gasteiger partial charge in [-0.1, -0.05) is 6.07 Å². The van der Waals surface area contributed by atoms with Crippen molar-refractivity contribution in [1.29, 1.82) is 0 Å². The molecule has 1 aliphatic heterocycles. The van der Waals surface area contributed by atoms with Crippen LogP contribution < -0.4 is 10.6 Å². The van der Waals surface area contributed by atoms with Gasteiger partial charge in [0, 0.05) is 30.7 Å². The number of halogens is 1. The molecule has 1 aromatic carbocycles. The molecule has 1 aliphatic rings. The summed E-state index contributed by atoms with van der Waals surface area (Å²) in [5, 5.41) is 0. The highest BCUT2D eigenvalue weighted by molar-refractivity contribution is 9.10. The SMILES string of the molecule is CCOC1CCN(c2ccc(CN)cc2Br)CC1. The highest BCUT2D eigenvalue weighted by Crippen LogP contribution is 2.30. The summed E-state index contributed by atoms with van der Waals surface area (Å²) in [5.41, 5.74) is 8.08. The summed E-state index contributed by atoms with van der Waals surface area (Å²) in [6.45, 7) is 5.59. The van der Waals surface area contributed by atoms with Gasteiger partial charge in [-0.15, -0.1) is 0 Å². The maximum absolute atomic E-state index is 5.68. The minimum absolute atomic E-state index is 0.438. The average Bonchev–Trinajstić information content (AvgIpc) is 2.40. The third kappa shape index (κ3) is 3.25. The number of anilines is 1. The molecule has 0 saturated carbocycles. The van der Waals surface area contributed by atoms with E-state index in [4.69, 9.17) is 10.5 Å². The topological polar surface area (TPSA) is 38.5 Å². The van der Waals surface area contributed by atoms with Crippen molar-refractivity contribution in [2.45, 2.75) is 32.4 Å². The number of nitrogens with two attached hydrogens (primary N) is 1. The first-order chi connectivity index (χ1) is 8.74. The molecular weight excluding hydrogens is 292 g/mol. The Balaban J connectivity index is 2.01. The summed E-state index contributed by atoms with van der Waals surface area (Å²) in [5.74, 6) is 0. The maximum atomic E-state index is 5.68. The van der Waals surface area contributed by atoms with Gasteiger partial charge >= 0.3 is 0 Å². The standard InChI is InChI=1S/C14H21BrN2O/c1-2-18-12-5-7-17(8-6-12)14-4-3-11(10-16)9-13(14)15/h3-4,9,12H,2,5-8,10,16H2,1H3. The van der Waals surface area contributed by atoms with Gasteiger partial charge < -0.3 is 15.4 Å². The summed E-state index contributed by atoms with van der Waals surface area (Å²) >= 11 is 3.64. The highest BCUT2D eigenvalue weighted by Gasteiger charge is 2.20. The van der Waals surface area contributed by atoms with Gasteiger partial charge in [0.1, 0.15) is 0 Å². The van der Waals surface area contributed by atoms with E-state index >= 15 is 0 Å². The lowest BCUT2D eigenvalue weighted by Gasteiger charge is -2.34. The molecule has 0 aliphatic carbocycles. The van der Waals surface area contributed by atoms with Crippen LogP contribution in [0, 0.1) is 0 Å². The number of rotatable bonds is 4. The lowest BCUT2D eigenvalue weighted by molar-refractivity contribution is 0.0459. The van der Waals surface area contributed by atoms with Crippen LogP contribution in [0.25, 0.3) is 0 Å². The molecule has 1 aromatic rings. The molecule has 100 valence electrons. The largest absolute Gasteiger partial charge is 0.378 e. The van der Waals surface area contributed by atoms with E-state index in [0.29, 0.717) is 12.6 Å². The first-order valence-corrected chi connectivity index (χ1v) is 7.39. The molecule has 0 atom stereocenters. The van der Waals surface area contributed by atoms with E-state index in [2.05, 4.69) is 46.0 Å². The smallest absolute Gasteiger partial charge is 0.0608 e. The van der Waals surface area contributed by atoms with E-state index in [-0.39, 0.29) is 0 Å². The molecular formula is C14H21BrN2O. The van der Waals surface area contributed by atoms with Crippen LogP contribution in [-0.4, -0.2) is 25.8 Å². The van der Waals surface area contributed by atoms with Crippen molar-refractivity contribution in [3.63, 3.8) is 0 Å². The van der Waals surface area contributed by atoms with Gasteiger partial charge in [-0.05, 0) is 53.4 Å². The third-order valence-corrected chi connectivity index (χ3v) is 4.07. The molecule has 1 heterocycles. The van der Waals surface area contributed by atoms with Gasteiger partial charge in [-0.2, -0.15) is 0 Å². The molecule has 3 nitrogen and oxygen atoms in total. The summed E-state index contributed by atoms with van der Waals surface area (Å²) < 4.78 is 6.82. The monoisotopic (exact) mass is 312 g/mol. The molecule has 1 fully saturated rings. The fourth-order valence-electron chi connectivity index (χ4n) is 2.43. The number of hydrogen-bond donors (Lipinski definition) is 1. The maximum Gasteiger partial charge on any atom is 0.0608 e. The Hall–Kier alpha value is -0.580. The summed E-state index contributed by atoms with van der Waals surface area (Å²) in [4.78, 5) is 2.42. The zero-order valence-corrected chi connectivity index (χ0v) is 12.4. The van der Waals surface area contributed by atoms with Crippen LogP contribution in [-0.2, 0) is 11.3 Å². The number of piperidine rings is 1. The molecule has 2 rings (SSSR count). The van der Waals surface area contributed by atoms with Gasteiger partial charge in [-0.3, -0.25) is 0 Å². The Morgan fingerprint density at radius 2 is 2.11 bits per heavy atom. The van der Waals surface area contributed by atoms with Crippen LogP contribution in [0.1, 0.15) is 25.3 Å². The van der Waals surface area contributed by atoms with E-state index in [1.807, 2.05) is 0 Å². The predicted octanol–water partition coefficient (Wildman–Crippen LogP) is 2.91. The van der Waals surface area contributed by atoms with Crippen LogP contribution in [0.2, 0.25) is 0 Å². The molecule has 0 radical (unpaired) electrons. The molecule has 0 bridgehead atoms. The zero-order valence-electron chi connectivity index (χ0n) is 10.9. The van der Waals surface area contributed by atoms with E-state index < -0.39 is 0 Å².